The van der Waals surface area contributed by atoms with Gasteiger partial charge in [-0.25, -0.2) is 9.78 Å². The number of para-hydroxylation sites is 2. The van der Waals surface area contributed by atoms with E-state index in [1.807, 2.05) is 34.1 Å². The van der Waals surface area contributed by atoms with Crippen molar-refractivity contribution < 1.29 is 18.7 Å². The fourth-order valence-electron chi connectivity index (χ4n) is 4.66. The minimum absolute atomic E-state index is 0.0267. The lowest BCUT2D eigenvalue weighted by molar-refractivity contribution is -0.139. The van der Waals surface area contributed by atoms with Crippen LogP contribution in [0, 0.1) is 5.92 Å². The molecule has 0 bridgehead atoms. The van der Waals surface area contributed by atoms with E-state index < -0.39 is 0 Å². The zero-order valence-corrected chi connectivity index (χ0v) is 16.4. The molecule has 3 aliphatic rings. The molecule has 4 heterocycles. The Morgan fingerprint density at radius 2 is 1.93 bits per heavy atom. The molecule has 0 radical (unpaired) electrons. The van der Waals surface area contributed by atoms with Crippen molar-refractivity contribution in [3.63, 3.8) is 0 Å². The molecule has 1 aromatic carbocycles. The summed E-state index contributed by atoms with van der Waals surface area (Å²) in [4.78, 5) is 32.9. The zero-order valence-electron chi connectivity index (χ0n) is 16.4. The van der Waals surface area contributed by atoms with Crippen molar-refractivity contribution in [2.24, 2.45) is 5.92 Å². The first-order valence-corrected chi connectivity index (χ1v) is 10.4. The van der Waals surface area contributed by atoms with Gasteiger partial charge in [0.15, 0.2) is 11.5 Å². The first-order chi connectivity index (χ1) is 14.2. The van der Waals surface area contributed by atoms with Gasteiger partial charge in [0.05, 0.1) is 12.1 Å². The number of carbonyl (C=O) groups is 2. The van der Waals surface area contributed by atoms with Crippen molar-refractivity contribution in [1.29, 1.82) is 0 Å². The maximum Gasteiger partial charge on any atom is 0.320 e. The number of likely N-dealkylation sites (tertiary alicyclic amines) is 2. The minimum atomic E-state index is -0.0967. The molecule has 2 atom stereocenters. The number of morpholine rings is 1. The van der Waals surface area contributed by atoms with Crippen molar-refractivity contribution in [2.75, 3.05) is 32.8 Å². The highest BCUT2D eigenvalue weighted by Gasteiger charge is 2.38. The molecular formula is C21H26N4O4. The predicted molar refractivity (Wildman–Crippen MR) is 105 cm³/mol. The van der Waals surface area contributed by atoms with E-state index in [2.05, 4.69) is 10.3 Å². The van der Waals surface area contributed by atoms with E-state index in [-0.39, 0.29) is 30.7 Å². The van der Waals surface area contributed by atoms with Crippen LogP contribution in [0.3, 0.4) is 0 Å². The van der Waals surface area contributed by atoms with Crippen molar-refractivity contribution in [3.8, 4) is 0 Å². The van der Waals surface area contributed by atoms with Gasteiger partial charge >= 0.3 is 6.03 Å². The van der Waals surface area contributed by atoms with Gasteiger partial charge in [-0.3, -0.25) is 4.79 Å². The minimum Gasteiger partial charge on any atom is -0.441 e. The van der Waals surface area contributed by atoms with Gasteiger partial charge in [-0.05, 0) is 37.3 Å². The molecule has 2 aromatic rings. The number of fused-ring (bicyclic) bond motifs is 2. The lowest BCUT2D eigenvalue weighted by Gasteiger charge is -2.43. The van der Waals surface area contributed by atoms with Crippen LogP contribution in [0.4, 0.5) is 4.79 Å². The maximum absolute atomic E-state index is 13.0. The van der Waals surface area contributed by atoms with E-state index in [9.17, 15) is 9.59 Å². The van der Waals surface area contributed by atoms with Crippen LogP contribution in [0.15, 0.2) is 28.7 Å². The van der Waals surface area contributed by atoms with Gasteiger partial charge in [-0.15, -0.1) is 0 Å². The summed E-state index contributed by atoms with van der Waals surface area (Å²) in [7, 11) is 0. The van der Waals surface area contributed by atoms with Crippen LogP contribution < -0.4 is 5.32 Å². The molecule has 3 fully saturated rings. The number of carbonyl (C=O) groups excluding carboxylic acids is 2. The Kier molecular flexibility index (Phi) is 4.87. The highest BCUT2D eigenvalue weighted by atomic mass is 16.5. The molecule has 0 spiro atoms. The largest absolute Gasteiger partial charge is 0.441 e. The van der Waals surface area contributed by atoms with Gasteiger partial charge in [0.25, 0.3) is 0 Å². The smallest absolute Gasteiger partial charge is 0.320 e. The summed E-state index contributed by atoms with van der Waals surface area (Å²) in [6, 6.07) is 7.80. The quantitative estimate of drug-likeness (QED) is 0.833. The number of rotatable bonds is 2. The Morgan fingerprint density at radius 1 is 1.14 bits per heavy atom. The van der Waals surface area contributed by atoms with Gasteiger partial charge in [0, 0.05) is 32.6 Å². The van der Waals surface area contributed by atoms with Crippen molar-refractivity contribution >= 4 is 23.0 Å². The van der Waals surface area contributed by atoms with Crippen LogP contribution in [0.5, 0.6) is 0 Å². The zero-order chi connectivity index (χ0) is 19.8. The average molecular weight is 398 g/mol. The molecule has 154 valence electrons. The van der Waals surface area contributed by atoms with Crippen LogP contribution in [0.25, 0.3) is 11.1 Å². The SMILES string of the molecule is O=C1CO[C@H]2CCN(C(=O)N3CCC(Cc4nc5ccccc5o4)CC3)C[C@H]2N1. The van der Waals surface area contributed by atoms with Gasteiger partial charge in [-0.1, -0.05) is 12.1 Å². The molecule has 29 heavy (non-hydrogen) atoms. The fraction of sp³-hybridized carbons (Fsp3) is 0.571. The van der Waals surface area contributed by atoms with Crippen molar-refractivity contribution in [2.45, 2.75) is 37.8 Å². The molecule has 0 saturated carbocycles. The highest BCUT2D eigenvalue weighted by molar-refractivity contribution is 5.79. The Bertz CT molecular complexity index is 872. The van der Waals surface area contributed by atoms with E-state index in [4.69, 9.17) is 9.15 Å². The number of amides is 3. The van der Waals surface area contributed by atoms with Gasteiger partial charge in [0.2, 0.25) is 5.91 Å². The number of piperidine rings is 2. The standard InChI is InChI=1S/C21H26N4O4/c26-19-13-28-17-7-10-25(12-16(17)22-19)21(27)24-8-5-14(6-9-24)11-20-23-15-3-1-2-4-18(15)29-20/h1-4,14,16-17H,5-13H2,(H,22,26)/t16-,17+/m1/s1. The molecule has 1 aromatic heterocycles. The molecule has 3 saturated heterocycles. The number of nitrogens with one attached hydrogen (secondary N) is 1. The van der Waals surface area contributed by atoms with E-state index in [0.717, 1.165) is 55.8 Å². The van der Waals surface area contributed by atoms with Gasteiger partial charge in [0.1, 0.15) is 12.1 Å². The first kappa shape index (κ1) is 18.4. The number of hydrogen-bond donors (Lipinski definition) is 1. The summed E-state index contributed by atoms with van der Waals surface area (Å²) in [5.41, 5.74) is 1.73. The number of benzene rings is 1. The second-order valence-electron chi connectivity index (χ2n) is 8.25. The summed E-state index contributed by atoms with van der Waals surface area (Å²) in [5.74, 6) is 1.16. The maximum atomic E-state index is 13.0. The average Bonchev–Trinajstić information content (AvgIpc) is 3.15. The Balaban J connectivity index is 1.14. The predicted octanol–water partition coefficient (Wildman–Crippen LogP) is 1.79. The number of hydrogen-bond acceptors (Lipinski definition) is 5. The molecule has 3 aliphatic heterocycles. The molecular weight excluding hydrogens is 372 g/mol. The third-order valence-electron chi connectivity index (χ3n) is 6.28. The molecule has 5 rings (SSSR count). The Labute approximate surface area is 169 Å². The van der Waals surface area contributed by atoms with Crippen molar-refractivity contribution in [3.05, 3.63) is 30.2 Å². The summed E-state index contributed by atoms with van der Waals surface area (Å²) >= 11 is 0. The van der Waals surface area contributed by atoms with Crippen LogP contribution in [-0.4, -0.2) is 71.7 Å². The van der Waals surface area contributed by atoms with E-state index >= 15 is 0 Å². The number of nitrogens with zero attached hydrogens (tertiary/aromatic N) is 3. The normalized spacial score (nSPS) is 25.7. The summed E-state index contributed by atoms with van der Waals surface area (Å²) in [6.07, 6.45) is 3.51. The molecule has 8 nitrogen and oxygen atoms in total. The lowest BCUT2D eigenvalue weighted by atomic mass is 9.93. The monoisotopic (exact) mass is 398 g/mol. The Morgan fingerprint density at radius 3 is 2.76 bits per heavy atom. The summed E-state index contributed by atoms with van der Waals surface area (Å²) in [5, 5.41) is 2.96. The fourth-order valence-corrected chi connectivity index (χ4v) is 4.66. The second kappa shape index (κ2) is 7.67. The molecule has 8 heteroatoms. The summed E-state index contributed by atoms with van der Waals surface area (Å²) < 4.78 is 11.4. The number of oxazole rings is 1. The van der Waals surface area contributed by atoms with E-state index in [1.165, 1.54) is 0 Å². The van der Waals surface area contributed by atoms with Crippen LogP contribution in [0.1, 0.15) is 25.2 Å². The molecule has 3 amide bonds. The molecule has 1 N–H and O–H groups in total. The van der Waals surface area contributed by atoms with E-state index in [0.29, 0.717) is 19.0 Å². The highest BCUT2D eigenvalue weighted by Crippen LogP contribution is 2.25. The first-order valence-electron chi connectivity index (χ1n) is 10.4. The van der Waals surface area contributed by atoms with Crippen molar-refractivity contribution in [1.82, 2.24) is 20.1 Å². The molecule has 0 aliphatic carbocycles. The number of ether oxygens (including phenoxy) is 1. The number of urea groups is 1. The second-order valence-corrected chi connectivity index (χ2v) is 8.25. The van der Waals surface area contributed by atoms with Crippen LogP contribution in [0.2, 0.25) is 0 Å². The van der Waals surface area contributed by atoms with Gasteiger partial charge < -0.3 is 24.3 Å². The van der Waals surface area contributed by atoms with Crippen LogP contribution in [-0.2, 0) is 16.0 Å². The third kappa shape index (κ3) is 3.81. The van der Waals surface area contributed by atoms with Gasteiger partial charge in [-0.2, -0.15) is 0 Å². The Hall–Kier alpha value is -2.61. The van der Waals surface area contributed by atoms with Crippen LogP contribution >= 0.6 is 0 Å². The third-order valence-corrected chi connectivity index (χ3v) is 6.28. The number of aromatic nitrogens is 1. The lowest BCUT2D eigenvalue weighted by Crippen LogP contribution is -2.62. The summed E-state index contributed by atoms with van der Waals surface area (Å²) in [6.45, 7) is 2.83. The van der Waals surface area contributed by atoms with E-state index in [1.54, 1.807) is 0 Å². The topological polar surface area (TPSA) is 87.9 Å². The molecule has 0 unspecified atom stereocenters.